The maximum absolute atomic E-state index is 10.5. The van der Waals surface area contributed by atoms with Gasteiger partial charge in [0.15, 0.2) is 5.75 Å². The standard InChI is InChI=1S/C8H7NO5.C6H13NO/c1-14-7-4-5(8(10)11)2-3-6(7)9(12)13;7-5-1-3-6(8)4-2-5/h2-4H,1H3,(H,10,11);5-6,8H,1-4,7H2. The average molecular weight is 312 g/mol. The Kier molecular flexibility index (Phi) is 6.74. The number of hydrogen-bond acceptors (Lipinski definition) is 6. The summed E-state index contributed by atoms with van der Waals surface area (Å²) in [5.41, 5.74) is 5.28. The molecule has 1 aromatic rings. The molecule has 4 N–H and O–H groups in total. The highest BCUT2D eigenvalue weighted by molar-refractivity contribution is 5.88. The number of rotatable bonds is 3. The van der Waals surface area contributed by atoms with Gasteiger partial charge in [-0.05, 0) is 31.7 Å². The van der Waals surface area contributed by atoms with Gasteiger partial charge in [0.2, 0.25) is 0 Å². The molecule has 0 aliphatic heterocycles. The first-order valence-electron chi connectivity index (χ1n) is 6.84. The van der Waals surface area contributed by atoms with Gasteiger partial charge in [0.05, 0.1) is 23.7 Å². The van der Waals surface area contributed by atoms with Crippen molar-refractivity contribution in [2.45, 2.75) is 37.8 Å². The zero-order valence-corrected chi connectivity index (χ0v) is 12.3. The molecule has 8 heteroatoms. The molecule has 0 radical (unpaired) electrons. The van der Waals surface area contributed by atoms with Crippen molar-refractivity contribution in [1.29, 1.82) is 0 Å². The van der Waals surface area contributed by atoms with E-state index in [1.807, 2.05) is 0 Å². The summed E-state index contributed by atoms with van der Waals surface area (Å²) in [5, 5.41) is 28.0. The van der Waals surface area contributed by atoms with Crippen molar-refractivity contribution in [3.8, 4) is 5.75 Å². The van der Waals surface area contributed by atoms with Crippen LogP contribution in [0.4, 0.5) is 5.69 Å². The van der Waals surface area contributed by atoms with Crippen LogP contribution in [0.2, 0.25) is 0 Å². The molecule has 8 nitrogen and oxygen atoms in total. The Balaban J connectivity index is 0.000000255. The molecule has 2 rings (SSSR count). The van der Waals surface area contributed by atoms with Crippen LogP contribution in [0.1, 0.15) is 36.0 Å². The molecule has 1 aliphatic rings. The molecule has 0 atom stereocenters. The second-order valence-electron chi connectivity index (χ2n) is 5.02. The first kappa shape index (κ1) is 17.9. The molecule has 0 amide bonds. The lowest BCUT2D eigenvalue weighted by Gasteiger charge is -2.21. The van der Waals surface area contributed by atoms with Crippen LogP contribution in [0, 0.1) is 10.1 Å². The summed E-state index contributed by atoms with van der Waals surface area (Å²) in [4.78, 5) is 20.3. The number of nitrogens with zero attached hydrogens (tertiary/aromatic N) is 1. The van der Waals surface area contributed by atoms with E-state index in [0.717, 1.165) is 43.9 Å². The fourth-order valence-corrected chi connectivity index (χ4v) is 2.06. The number of aliphatic hydroxyl groups is 1. The predicted molar refractivity (Wildman–Crippen MR) is 79.1 cm³/mol. The fraction of sp³-hybridized carbons (Fsp3) is 0.500. The van der Waals surface area contributed by atoms with Gasteiger partial charge in [0, 0.05) is 18.2 Å². The lowest BCUT2D eigenvalue weighted by Crippen LogP contribution is -2.28. The normalized spacial score (nSPS) is 20.5. The summed E-state index contributed by atoms with van der Waals surface area (Å²) in [6, 6.07) is 3.73. The zero-order valence-electron chi connectivity index (χ0n) is 12.3. The molecule has 0 spiro atoms. The van der Waals surface area contributed by atoms with Gasteiger partial charge < -0.3 is 20.7 Å². The van der Waals surface area contributed by atoms with E-state index in [1.54, 1.807) is 0 Å². The van der Waals surface area contributed by atoms with Crippen molar-refractivity contribution in [2.24, 2.45) is 5.73 Å². The number of carbonyl (C=O) groups is 1. The molecule has 1 aromatic carbocycles. The molecule has 0 unspecified atom stereocenters. The Morgan fingerprint density at radius 3 is 2.36 bits per heavy atom. The van der Waals surface area contributed by atoms with Crippen LogP contribution in [0.3, 0.4) is 0 Å². The Bertz CT molecular complexity index is 516. The van der Waals surface area contributed by atoms with Crippen LogP contribution in [-0.4, -0.2) is 40.4 Å². The smallest absolute Gasteiger partial charge is 0.335 e. The van der Waals surface area contributed by atoms with Crippen LogP contribution >= 0.6 is 0 Å². The maximum Gasteiger partial charge on any atom is 0.335 e. The molecular formula is C14H20N2O6. The van der Waals surface area contributed by atoms with Gasteiger partial charge in [-0.15, -0.1) is 0 Å². The van der Waals surface area contributed by atoms with E-state index in [2.05, 4.69) is 0 Å². The van der Waals surface area contributed by atoms with Crippen molar-refractivity contribution >= 4 is 11.7 Å². The molecule has 1 fully saturated rings. The first-order chi connectivity index (χ1) is 10.3. The van der Waals surface area contributed by atoms with E-state index in [4.69, 9.17) is 20.7 Å². The number of carboxylic acids is 1. The summed E-state index contributed by atoms with van der Waals surface area (Å²) in [6.07, 6.45) is 3.75. The largest absolute Gasteiger partial charge is 0.490 e. The molecule has 0 bridgehead atoms. The van der Waals surface area contributed by atoms with Gasteiger partial charge >= 0.3 is 11.7 Å². The summed E-state index contributed by atoms with van der Waals surface area (Å²) in [6.45, 7) is 0. The van der Waals surface area contributed by atoms with E-state index >= 15 is 0 Å². The second kappa shape index (κ2) is 8.30. The number of ether oxygens (including phenoxy) is 1. The first-order valence-corrected chi connectivity index (χ1v) is 6.84. The molecule has 122 valence electrons. The quantitative estimate of drug-likeness (QED) is 0.569. The Morgan fingerprint density at radius 2 is 1.95 bits per heavy atom. The number of hydrogen-bond donors (Lipinski definition) is 3. The zero-order chi connectivity index (χ0) is 16.7. The van der Waals surface area contributed by atoms with Crippen molar-refractivity contribution in [2.75, 3.05) is 7.11 Å². The third-order valence-corrected chi connectivity index (χ3v) is 3.36. The molecule has 1 aliphatic carbocycles. The highest BCUT2D eigenvalue weighted by atomic mass is 16.6. The van der Waals surface area contributed by atoms with E-state index < -0.39 is 10.9 Å². The average Bonchev–Trinajstić information content (AvgIpc) is 2.50. The van der Waals surface area contributed by atoms with Crippen molar-refractivity contribution in [3.05, 3.63) is 33.9 Å². The lowest BCUT2D eigenvalue weighted by atomic mass is 9.94. The van der Waals surface area contributed by atoms with Crippen LogP contribution in [0.5, 0.6) is 5.75 Å². The van der Waals surface area contributed by atoms with Crippen molar-refractivity contribution in [3.63, 3.8) is 0 Å². The number of methoxy groups -OCH3 is 1. The fourth-order valence-electron chi connectivity index (χ4n) is 2.06. The van der Waals surface area contributed by atoms with Gasteiger partial charge in [-0.1, -0.05) is 0 Å². The number of nitrogens with two attached hydrogens (primary N) is 1. The van der Waals surface area contributed by atoms with Crippen LogP contribution < -0.4 is 10.5 Å². The second-order valence-corrected chi connectivity index (χ2v) is 5.02. The summed E-state index contributed by atoms with van der Waals surface area (Å²) >= 11 is 0. The van der Waals surface area contributed by atoms with E-state index in [9.17, 15) is 14.9 Å². The van der Waals surface area contributed by atoms with Gasteiger partial charge in [0.25, 0.3) is 0 Å². The van der Waals surface area contributed by atoms with Gasteiger partial charge in [0.1, 0.15) is 0 Å². The molecule has 1 saturated carbocycles. The summed E-state index contributed by atoms with van der Waals surface area (Å²) < 4.78 is 4.69. The van der Waals surface area contributed by atoms with Crippen molar-refractivity contribution in [1.82, 2.24) is 0 Å². The van der Waals surface area contributed by atoms with E-state index in [1.165, 1.54) is 7.11 Å². The molecular weight excluding hydrogens is 292 g/mol. The number of aromatic carboxylic acids is 1. The molecule has 0 saturated heterocycles. The number of carboxylic acid groups (broad SMARTS) is 1. The number of nitro groups is 1. The maximum atomic E-state index is 10.5. The minimum absolute atomic E-state index is 0.0487. The van der Waals surface area contributed by atoms with Crippen molar-refractivity contribution < 1.29 is 24.7 Å². The number of aliphatic hydroxyl groups excluding tert-OH is 1. The minimum Gasteiger partial charge on any atom is -0.490 e. The Labute approximate surface area is 127 Å². The highest BCUT2D eigenvalue weighted by Crippen LogP contribution is 2.27. The third-order valence-electron chi connectivity index (χ3n) is 3.36. The predicted octanol–water partition coefficient (Wildman–Crippen LogP) is 1.55. The molecule has 0 aromatic heterocycles. The number of benzene rings is 1. The van der Waals surface area contributed by atoms with Crippen LogP contribution in [-0.2, 0) is 0 Å². The minimum atomic E-state index is -1.15. The topological polar surface area (TPSA) is 136 Å². The third kappa shape index (κ3) is 5.30. The Morgan fingerprint density at radius 1 is 1.36 bits per heavy atom. The monoisotopic (exact) mass is 312 g/mol. The highest BCUT2D eigenvalue weighted by Gasteiger charge is 2.16. The molecule has 22 heavy (non-hydrogen) atoms. The summed E-state index contributed by atoms with van der Waals surface area (Å²) in [5.74, 6) is -1.21. The lowest BCUT2D eigenvalue weighted by molar-refractivity contribution is -0.385. The van der Waals surface area contributed by atoms with Crippen LogP contribution in [0.25, 0.3) is 0 Å². The van der Waals surface area contributed by atoms with E-state index in [-0.39, 0.29) is 23.1 Å². The van der Waals surface area contributed by atoms with Crippen LogP contribution in [0.15, 0.2) is 18.2 Å². The van der Waals surface area contributed by atoms with E-state index in [0.29, 0.717) is 6.04 Å². The van der Waals surface area contributed by atoms with Gasteiger partial charge in [-0.25, -0.2) is 4.79 Å². The summed E-state index contributed by atoms with van der Waals surface area (Å²) in [7, 11) is 1.24. The van der Waals surface area contributed by atoms with Gasteiger partial charge in [-0.2, -0.15) is 0 Å². The Hall–Kier alpha value is -2.19. The number of nitro benzene ring substituents is 1. The SMILES string of the molecule is COc1cc(C(=O)O)ccc1[N+](=O)[O-].NC1CCC(O)CC1. The molecule has 0 heterocycles. The van der Waals surface area contributed by atoms with Gasteiger partial charge in [-0.3, -0.25) is 10.1 Å².